The molecule has 0 spiro atoms. The van der Waals surface area contributed by atoms with Crippen molar-refractivity contribution in [3.63, 3.8) is 0 Å². The minimum Gasteiger partial charge on any atom is -0.410 e. The van der Waals surface area contributed by atoms with Gasteiger partial charge in [-0.1, -0.05) is 88.7 Å². The topological polar surface area (TPSA) is 120 Å². The summed E-state index contributed by atoms with van der Waals surface area (Å²) in [5, 5.41) is 24.7. The van der Waals surface area contributed by atoms with Gasteiger partial charge in [-0.05, 0) is 19.1 Å². The molecule has 3 N–H and O–H groups in total. The zero-order chi connectivity index (χ0) is 21.3. The lowest BCUT2D eigenvalue weighted by molar-refractivity contribution is 0.314. The Kier molecular flexibility index (Phi) is 7.64. The minimum absolute atomic E-state index is 0.0666. The van der Waals surface area contributed by atoms with Crippen LogP contribution < -0.4 is 0 Å². The Morgan fingerprint density at radius 2 is 1.07 bits per heavy atom. The van der Waals surface area contributed by atoms with Crippen LogP contribution in [0.5, 0.6) is 0 Å². The van der Waals surface area contributed by atoms with E-state index in [1.54, 1.807) is 36.4 Å². The molecule has 0 heterocycles. The number of nitrogens with zero attached hydrogens (tertiary/aromatic N) is 2. The zero-order valence-corrected chi connectivity index (χ0v) is 16.4. The fourth-order valence-electron chi connectivity index (χ4n) is 2.39. The molecule has 3 rings (SSSR count). The molecule has 0 unspecified atom stereocenters. The molecule has 29 heavy (non-hydrogen) atoms. The number of hydrogen-bond acceptors (Lipinski definition) is 6. The lowest BCUT2D eigenvalue weighted by Crippen LogP contribution is -2.17. The molecule has 8 heteroatoms. The molecular weight excluding hydrogens is 392 g/mol. The van der Waals surface area contributed by atoms with E-state index in [2.05, 4.69) is 10.3 Å². The molecule has 0 saturated carbocycles. The largest absolute Gasteiger partial charge is 0.410 e. The Morgan fingerprint density at radius 1 is 0.690 bits per heavy atom. The van der Waals surface area contributed by atoms with Gasteiger partial charge in [-0.15, -0.1) is 0 Å². The number of hydrogen-bond donors (Lipinski definition) is 3. The summed E-state index contributed by atoms with van der Waals surface area (Å²) in [7, 11) is -4.02. The summed E-state index contributed by atoms with van der Waals surface area (Å²) in [6.07, 6.45) is 0. The van der Waals surface area contributed by atoms with Crippen LogP contribution >= 0.6 is 0 Å². The molecule has 0 aromatic heterocycles. The van der Waals surface area contributed by atoms with Crippen molar-refractivity contribution in [2.45, 2.75) is 11.8 Å². The van der Waals surface area contributed by atoms with E-state index in [0.29, 0.717) is 11.1 Å². The summed E-state index contributed by atoms with van der Waals surface area (Å²) >= 11 is 0. The van der Waals surface area contributed by atoms with Gasteiger partial charge >= 0.3 is 0 Å². The van der Waals surface area contributed by atoms with E-state index in [1.165, 1.54) is 12.1 Å². The van der Waals surface area contributed by atoms with E-state index in [9.17, 15) is 8.42 Å². The summed E-state index contributed by atoms with van der Waals surface area (Å²) in [5.74, 6) is 0. The van der Waals surface area contributed by atoms with Gasteiger partial charge in [0.25, 0.3) is 10.1 Å². The highest BCUT2D eigenvalue weighted by molar-refractivity contribution is 7.85. The first kappa shape index (κ1) is 21.8. The van der Waals surface area contributed by atoms with Crippen LogP contribution in [0, 0.1) is 6.92 Å². The number of oxime groups is 2. The highest BCUT2D eigenvalue weighted by Crippen LogP contribution is 2.10. The Bertz CT molecular complexity index is 1030. The van der Waals surface area contributed by atoms with Crippen molar-refractivity contribution < 1.29 is 23.4 Å². The third-order valence-electron chi connectivity index (χ3n) is 3.84. The average Bonchev–Trinajstić information content (AvgIpc) is 2.73. The SMILES string of the molecule is Cc1ccc(S(=O)(=O)O)cc1.ON=C(C(=NO)c1ccccc1)c1ccccc1. The summed E-state index contributed by atoms with van der Waals surface area (Å²) in [6, 6.07) is 24.1. The van der Waals surface area contributed by atoms with Gasteiger partial charge in [-0.2, -0.15) is 8.42 Å². The fourth-order valence-corrected chi connectivity index (χ4v) is 2.87. The molecule has 7 nitrogen and oxygen atoms in total. The lowest BCUT2D eigenvalue weighted by Gasteiger charge is -2.06. The summed E-state index contributed by atoms with van der Waals surface area (Å²) < 4.78 is 29.6. The van der Waals surface area contributed by atoms with E-state index in [-0.39, 0.29) is 16.3 Å². The van der Waals surface area contributed by atoms with Crippen molar-refractivity contribution in [2.24, 2.45) is 10.3 Å². The van der Waals surface area contributed by atoms with Crippen LogP contribution in [0.15, 0.2) is 100 Å². The third kappa shape index (κ3) is 6.27. The molecule has 3 aromatic carbocycles. The minimum atomic E-state index is -4.02. The molecule has 0 saturated heterocycles. The first-order chi connectivity index (χ1) is 13.9. The summed E-state index contributed by atoms with van der Waals surface area (Å²) in [5.41, 5.74) is 2.76. The van der Waals surface area contributed by atoms with Crippen LogP contribution in [0.2, 0.25) is 0 Å². The maximum Gasteiger partial charge on any atom is 0.294 e. The van der Waals surface area contributed by atoms with Crippen LogP contribution in [0.25, 0.3) is 0 Å². The van der Waals surface area contributed by atoms with Gasteiger partial charge in [0.1, 0.15) is 11.4 Å². The maximum atomic E-state index is 10.5. The van der Waals surface area contributed by atoms with Crippen molar-refractivity contribution in [1.82, 2.24) is 0 Å². The second-order valence-electron chi connectivity index (χ2n) is 5.92. The average molecular weight is 412 g/mol. The smallest absolute Gasteiger partial charge is 0.294 e. The molecule has 0 aliphatic carbocycles. The molecule has 0 bridgehead atoms. The van der Waals surface area contributed by atoms with E-state index >= 15 is 0 Å². The van der Waals surface area contributed by atoms with Gasteiger partial charge in [0.2, 0.25) is 0 Å². The van der Waals surface area contributed by atoms with Crippen LogP contribution in [-0.2, 0) is 10.1 Å². The highest BCUT2D eigenvalue weighted by Gasteiger charge is 2.15. The fraction of sp³-hybridized carbons (Fsp3) is 0.0476. The van der Waals surface area contributed by atoms with Crippen molar-refractivity contribution >= 4 is 21.5 Å². The van der Waals surface area contributed by atoms with E-state index in [1.807, 2.05) is 43.3 Å². The Morgan fingerprint density at radius 3 is 1.38 bits per heavy atom. The van der Waals surface area contributed by atoms with Gasteiger partial charge in [0.05, 0.1) is 4.90 Å². The number of benzene rings is 3. The van der Waals surface area contributed by atoms with Crippen molar-refractivity contribution in [2.75, 3.05) is 0 Å². The standard InChI is InChI=1S/C14H12N2O2.C7H8O3S/c17-15-13(11-7-3-1-4-8-11)14(16-18)12-9-5-2-6-10-12;1-6-2-4-7(5-3-6)11(8,9)10/h1-10,17-18H;2-5H,1H3,(H,8,9,10). The van der Waals surface area contributed by atoms with Gasteiger partial charge in [0, 0.05) is 11.1 Å². The first-order valence-corrected chi connectivity index (χ1v) is 9.90. The highest BCUT2D eigenvalue weighted by atomic mass is 32.2. The quantitative estimate of drug-likeness (QED) is 0.259. The lowest BCUT2D eigenvalue weighted by atomic mass is 10.0. The van der Waals surface area contributed by atoms with Gasteiger partial charge in [0.15, 0.2) is 0 Å². The van der Waals surface area contributed by atoms with E-state index in [4.69, 9.17) is 15.0 Å². The molecule has 0 radical (unpaired) electrons. The molecule has 0 aliphatic rings. The summed E-state index contributed by atoms with van der Waals surface area (Å²) in [6.45, 7) is 1.84. The number of rotatable bonds is 4. The van der Waals surface area contributed by atoms with Crippen LogP contribution in [-0.4, -0.2) is 34.8 Å². The second kappa shape index (κ2) is 10.2. The predicted molar refractivity (Wildman–Crippen MR) is 111 cm³/mol. The maximum absolute atomic E-state index is 10.5. The molecular formula is C21H20N2O5S. The molecule has 0 atom stereocenters. The second-order valence-corrected chi connectivity index (χ2v) is 7.34. The van der Waals surface area contributed by atoms with Crippen molar-refractivity contribution in [3.05, 3.63) is 102 Å². The summed E-state index contributed by atoms with van der Waals surface area (Å²) in [4.78, 5) is -0.0666. The van der Waals surface area contributed by atoms with Crippen molar-refractivity contribution in [1.29, 1.82) is 0 Å². The molecule has 150 valence electrons. The Labute approximate surface area is 169 Å². The predicted octanol–water partition coefficient (Wildman–Crippen LogP) is 3.99. The molecule has 0 aliphatic heterocycles. The first-order valence-electron chi connectivity index (χ1n) is 8.46. The normalized spacial score (nSPS) is 12.1. The van der Waals surface area contributed by atoms with Crippen LogP contribution in [0.4, 0.5) is 0 Å². The van der Waals surface area contributed by atoms with Gasteiger partial charge in [-0.3, -0.25) is 4.55 Å². The zero-order valence-electron chi connectivity index (χ0n) is 15.5. The van der Waals surface area contributed by atoms with Crippen LogP contribution in [0.3, 0.4) is 0 Å². The third-order valence-corrected chi connectivity index (χ3v) is 4.71. The Balaban J connectivity index is 0.000000234. The molecule has 3 aromatic rings. The monoisotopic (exact) mass is 412 g/mol. The molecule has 0 fully saturated rings. The molecule has 0 amide bonds. The van der Waals surface area contributed by atoms with E-state index < -0.39 is 10.1 Å². The van der Waals surface area contributed by atoms with E-state index in [0.717, 1.165) is 5.56 Å². The number of aryl methyl sites for hydroxylation is 1. The Hall–Kier alpha value is -3.49. The van der Waals surface area contributed by atoms with Gasteiger partial charge < -0.3 is 10.4 Å². The van der Waals surface area contributed by atoms with Gasteiger partial charge in [-0.25, -0.2) is 0 Å². The van der Waals surface area contributed by atoms with Crippen molar-refractivity contribution in [3.8, 4) is 0 Å². The van der Waals surface area contributed by atoms with Crippen LogP contribution in [0.1, 0.15) is 16.7 Å².